The maximum atomic E-state index is 14.0. The Balaban J connectivity index is 1.46. The van der Waals surface area contributed by atoms with Crippen LogP contribution in [0, 0.1) is 12.8 Å². The van der Waals surface area contributed by atoms with E-state index in [1.165, 1.54) is 0 Å². The van der Waals surface area contributed by atoms with Crippen molar-refractivity contribution in [3.63, 3.8) is 0 Å². The van der Waals surface area contributed by atoms with Gasteiger partial charge in [-0.15, -0.1) is 0 Å². The quantitative estimate of drug-likeness (QED) is 0.236. The third-order valence-electron chi connectivity index (χ3n) is 7.45. The predicted molar refractivity (Wildman–Crippen MR) is 154 cm³/mol. The van der Waals surface area contributed by atoms with Crippen LogP contribution in [-0.4, -0.2) is 30.8 Å². The first-order valence-electron chi connectivity index (χ1n) is 14.0. The summed E-state index contributed by atoms with van der Waals surface area (Å²) >= 11 is 0. The molecule has 3 aromatic carbocycles. The van der Waals surface area contributed by atoms with Crippen LogP contribution in [0.3, 0.4) is 0 Å². The fourth-order valence-corrected chi connectivity index (χ4v) is 5.37. The van der Waals surface area contributed by atoms with Crippen LogP contribution in [0.25, 0.3) is 11.0 Å². The predicted octanol–water partition coefficient (Wildman–Crippen LogP) is 6.40. The number of carbonyl (C=O) groups is 1. The number of fused-ring (bicyclic) bond motifs is 3. The Labute approximate surface area is 238 Å². The first-order valence-corrected chi connectivity index (χ1v) is 14.0. The lowest BCUT2D eigenvalue weighted by Crippen LogP contribution is -2.29. The lowest BCUT2D eigenvalue weighted by atomic mass is 9.97. The van der Waals surface area contributed by atoms with Gasteiger partial charge in [-0.05, 0) is 73.7 Å². The van der Waals surface area contributed by atoms with E-state index in [1.54, 1.807) is 17.0 Å². The summed E-state index contributed by atoms with van der Waals surface area (Å²) in [5.74, 6) is 2.70. The van der Waals surface area contributed by atoms with Crippen molar-refractivity contribution in [1.29, 1.82) is 0 Å². The van der Waals surface area contributed by atoms with E-state index in [1.807, 2.05) is 56.3 Å². The zero-order valence-electron chi connectivity index (χ0n) is 23.7. The molecular weight excluding hydrogens is 522 g/mol. The van der Waals surface area contributed by atoms with E-state index >= 15 is 0 Å². The fourth-order valence-electron chi connectivity index (χ4n) is 5.37. The molecular formula is C33H33NO7. The third-order valence-corrected chi connectivity index (χ3v) is 7.45. The van der Waals surface area contributed by atoms with Crippen LogP contribution in [0.5, 0.6) is 23.0 Å². The van der Waals surface area contributed by atoms with Crippen molar-refractivity contribution in [1.82, 2.24) is 4.90 Å². The molecule has 2 aliphatic heterocycles. The second-order valence-corrected chi connectivity index (χ2v) is 10.9. The van der Waals surface area contributed by atoms with Gasteiger partial charge in [-0.1, -0.05) is 37.6 Å². The Morgan fingerprint density at radius 3 is 2.59 bits per heavy atom. The molecule has 3 heterocycles. The SMILES string of the molecule is CCOc1cc([C@H]2c3c(oc4ccc(C)cc4c3=O)C(=O)N2Cc2ccc3c(c2)OCO3)ccc1OCCC(C)C. The summed E-state index contributed by atoms with van der Waals surface area (Å²) in [5.41, 5.74) is 3.00. The van der Waals surface area contributed by atoms with E-state index < -0.39 is 6.04 Å². The topological polar surface area (TPSA) is 87.4 Å². The molecule has 0 spiro atoms. The zero-order valence-corrected chi connectivity index (χ0v) is 23.7. The van der Waals surface area contributed by atoms with Gasteiger partial charge in [0.2, 0.25) is 12.6 Å². The number of nitrogens with zero attached hydrogens (tertiary/aromatic N) is 1. The molecule has 1 aromatic heterocycles. The number of ether oxygens (including phenoxy) is 4. The second-order valence-electron chi connectivity index (χ2n) is 10.9. The molecule has 0 fully saturated rings. The van der Waals surface area contributed by atoms with Gasteiger partial charge in [0.05, 0.1) is 30.2 Å². The van der Waals surface area contributed by atoms with Gasteiger partial charge in [0.15, 0.2) is 28.4 Å². The minimum absolute atomic E-state index is 0.0623. The van der Waals surface area contributed by atoms with Crippen LogP contribution in [0.4, 0.5) is 0 Å². The maximum absolute atomic E-state index is 14.0. The Bertz CT molecular complexity index is 1690. The molecule has 212 valence electrons. The standard InChI is InChI=1S/C33H33NO7/c1-5-37-28-16-22(8-11-25(28)38-13-12-19(2)3)30-29-31(35)23-14-20(4)6-9-24(23)41-32(29)33(36)34(30)17-21-7-10-26-27(15-21)40-18-39-26/h6-11,14-16,19,30H,5,12-13,17-18H2,1-4H3/t30-/m0/s1. The lowest BCUT2D eigenvalue weighted by Gasteiger charge is -2.26. The van der Waals surface area contributed by atoms with Gasteiger partial charge < -0.3 is 28.3 Å². The lowest BCUT2D eigenvalue weighted by molar-refractivity contribution is 0.0714. The summed E-state index contributed by atoms with van der Waals surface area (Å²) in [5, 5.41) is 0.449. The fraction of sp³-hybridized carbons (Fsp3) is 0.333. The highest BCUT2D eigenvalue weighted by Gasteiger charge is 2.43. The molecule has 2 aliphatic rings. The molecule has 0 saturated carbocycles. The van der Waals surface area contributed by atoms with E-state index in [-0.39, 0.29) is 30.4 Å². The first kappa shape index (κ1) is 26.7. The number of rotatable bonds is 9. The molecule has 41 heavy (non-hydrogen) atoms. The minimum Gasteiger partial charge on any atom is -0.490 e. The second kappa shape index (κ2) is 10.8. The van der Waals surface area contributed by atoms with Crippen molar-refractivity contribution < 1.29 is 28.2 Å². The van der Waals surface area contributed by atoms with E-state index in [9.17, 15) is 9.59 Å². The minimum atomic E-state index is -0.687. The van der Waals surface area contributed by atoms with Gasteiger partial charge in [0.25, 0.3) is 5.91 Å². The summed E-state index contributed by atoms with van der Waals surface area (Å²) in [7, 11) is 0. The van der Waals surface area contributed by atoms with Crippen LogP contribution < -0.4 is 24.4 Å². The summed E-state index contributed by atoms with van der Waals surface area (Å²) < 4.78 is 29.2. The van der Waals surface area contributed by atoms with E-state index in [4.69, 9.17) is 23.4 Å². The van der Waals surface area contributed by atoms with Crippen molar-refractivity contribution in [2.75, 3.05) is 20.0 Å². The molecule has 0 N–H and O–H groups in total. The van der Waals surface area contributed by atoms with Crippen molar-refractivity contribution in [3.8, 4) is 23.0 Å². The van der Waals surface area contributed by atoms with Gasteiger partial charge in [0.1, 0.15) is 5.58 Å². The molecule has 0 saturated heterocycles. The number of benzene rings is 3. The van der Waals surface area contributed by atoms with E-state index in [0.717, 1.165) is 23.1 Å². The van der Waals surface area contributed by atoms with Crippen molar-refractivity contribution in [2.45, 2.75) is 46.7 Å². The number of hydrogen-bond acceptors (Lipinski definition) is 7. The molecule has 1 amide bonds. The Morgan fingerprint density at radius 1 is 0.951 bits per heavy atom. The number of hydrogen-bond donors (Lipinski definition) is 0. The molecule has 0 bridgehead atoms. The average molecular weight is 556 g/mol. The van der Waals surface area contributed by atoms with E-state index in [2.05, 4.69) is 13.8 Å². The normalized spacial score (nSPS) is 15.6. The van der Waals surface area contributed by atoms with Gasteiger partial charge in [-0.3, -0.25) is 9.59 Å². The van der Waals surface area contributed by atoms with Crippen molar-refractivity contribution in [2.24, 2.45) is 5.92 Å². The van der Waals surface area contributed by atoms with Crippen molar-refractivity contribution >= 4 is 16.9 Å². The van der Waals surface area contributed by atoms with Gasteiger partial charge in [0, 0.05) is 6.54 Å². The molecule has 4 aromatic rings. The Morgan fingerprint density at radius 2 is 1.78 bits per heavy atom. The van der Waals surface area contributed by atoms with Crippen LogP contribution in [0.1, 0.15) is 66.0 Å². The van der Waals surface area contributed by atoms with Crippen LogP contribution in [0.15, 0.2) is 63.8 Å². The average Bonchev–Trinajstić information content (AvgIpc) is 3.52. The number of carbonyl (C=O) groups excluding carboxylic acids is 1. The Hall–Kier alpha value is -4.46. The van der Waals surface area contributed by atoms with Crippen LogP contribution in [0.2, 0.25) is 0 Å². The molecule has 1 atom stereocenters. The highest BCUT2D eigenvalue weighted by molar-refractivity contribution is 5.99. The molecule has 6 rings (SSSR count). The zero-order chi connectivity index (χ0) is 28.7. The first-order chi connectivity index (χ1) is 19.8. The molecule has 0 aliphatic carbocycles. The van der Waals surface area contributed by atoms with Gasteiger partial charge >= 0.3 is 0 Å². The largest absolute Gasteiger partial charge is 0.490 e. The monoisotopic (exact) mass is 555 g/mol. The van der Waals surface area contributed by atoms with E-state index in [0.29, 0.717) is 58.7 Å². The molecule has 8 heteroatoms. The maximum Gasteiger partial charge on any atom is 0.291 e. The van der Waals surface area contributed by atoms with Crippen molar-refractivity contribution in [3.05, 3.63) is 92.8 Å². The molecule has 8 nitrogen and oxygen atoms in total. The van der Waals surface area contributed by atoms with Gasteiger partial charge in [-0.2, -0.15) is 0 Å². The summed E-state index contributed by atoms with van der Waals surface area (Å²) in [6.07, 6.45) is 0.911. The van der Waals surface area contributed by atoms with Gasteiger partial charge in [-0.25, -0.2) is 0 Å². The summed E-state index contributed by atoms with van der Waals surface area (Å²) in [4.78, 5) is 29.6. The number of amides is 1. The molecule has 0 unspecified atom stereocenters. The smallest absolute Gasteiger partial charge is 0.291 e. The number of aryl methyl sites for hydroxylation is 1. The Kier molecular flexibility index (Phi) is 7.07. The summed E-state index contributed by atoms with van der Waals surface area (Å²) in [6, 6.07) is 15.9. The molecule has 0 radical (unpaired) electrons. The highest BCUT2D eigenvalue weighted by Crippen LogP contribution is 2.42. The van der Waals surface area contributed by atoms with Crippen LogP contribution in [-0.2, 0) is 6.54 Å². The third kappa shape index (κ3) is 4.99. The summed E-state index contributed by atoms with van der Waals surface area (Å²) in [6.45, 7) is 9.53. The van der Waals surface area contributed by atoms with Crippen LogP contribution >= 0.6 is 0 Å². The highest BCUT2D eigenvalue weighted by atomic mass is 16.7.